The Balaban J connectivity index is 3.06. The van der Waals surface area contributed by atoms with Crippen LogP contribution in [0.2, 0.25) is 0 Å². The molecule has 12 nitrogen and oxygen atoms in total. The number of hydrogen-bond acceptors (Lipinski definition) is 12. The first-order valence-electron chi connectivity index (χ1n) is 15.0. The Kier molecular flexibility index (Phi) is 17.8. The molecule has 0 radical (unpaired) electrons. The lowest BCUT2D eigenvalue weighted by Gasteiger charge is -2.21. The van der Waals surface area contributed by atoms with Crippen LogP contribution in [-0.4, -0.2) is 68.5 Å². The minimum atomic E-state index is -0.968. The van der Waals surface area contributed by atoms with Crippen LogP contribution in [0.5, 0.6) is 11.5 Å². The van der Waals surface area contributed by atoms with Crippen molar-refractivity contribution in [3.05, 3.63) is 23.8 Å². The predicted molar refractivity (Wildman–Crippen MR) is 158 cm³/mol. The highest BCUT2D eigenvalue weighted by Crippen LogP contribution is 2.30. The lowest BCUT2D eigenvalue weighted by atomic mass is 10.0. The Labute approximate surface area is 255 Å². The van der Waals surface area contributed by atoms with Gasteiger partial charge in [-0.1, -0.05) is 46.1 Å². The van der Waals surface area contributed by atoms with E-state index in [2.05, 4.69) is 5.32 Å². The summed E-state index contributed by atoms with van der Waals surface area (Å²) in [6.45, 7) is 13.0. The van der Waals surface area contributed by atoms with E-state index in [4.69, 9.17) is 33.2 Å². The molecule has 43 heavy (non-hydrogen) atoms. The Morgan fingerprint density at radius 1 is 0.674 bits per heavy atom. The summed E-state index contributed by atoms with van der Waals surface area (Å²) >= 11 is 0. The van der Waals surface area contributed by atoms with Gasteiger partial charge in [0.1, 0.15) is 30.5 Å². The number of benzene rings is 1. The maximum atomic E-state index is 12.6. The molecule has 0 saturated heterocycles. The second-order valence-corrected chi connectivity index (χ2v) is 10.5. The fourth-order valence-electron chi connectivity index (χ4n) is 4.12. The molecule has 0 amide bonds. The molecule has 0 spiro atoms. The second-order valence-electron chi connectivity index (χ2n) is 10.5. The van der Waals surface area contributed by atoms with Gasteiger partial charge < -0.3 is 38.5 Å². The summed E-state index contributed by atoms with van der Waals surface area (Å²) in [4.78, 5) is 49.5. The van der Waals surface area contributed by atoms with Crippen molar-refractivity contribution in [1.29, 1.82) is 0 Å². The molecular weight excluding hydrogens is 562 g/mol. The minimum Gasteiger partial charge on any atom is -0.468 e. The highest BCUT2D eigenvalue weighted by Gasteiger charge is 2.24. The van der Waals surface area contributed by atoms with Gasteiger partial charge in [0.15, 0.2) is 11.5 Å². The third-order valence-electron chi connectivity index (χ3n) is 6.25. The predicted octanol–water partition coefficient (Wildman–Crippen LogP) is 6.50. The first kappa shape index (κ1) is 37.5. The number of carbonyl (C=O) groups excluding carboxylic acids is 4. The zero-order chi connectivity index (χ0) is 32.4. The van der Waals surface area contributed by atoms with E-state index >= 15 is 0 Å². The molecular formula is C31H49NO11. The average molecular weight is 612 g/mol. The van der Waals surface area contributed by atoms with E-state index in [0.29, 0.717) is 18.4 Å². The summed E-state index contributed by atoms with van der Waals surface area (Å²) in [5.41, 5.74) is 0.550. The van der Waals surface area contributed by atoms with Crippen LogP contribution >= 0.6 is 0 Å². The minimum absolute atomic E-state index is 0.0574. The summed E-state index contributed by atoms with van der Waals surface area (Å²) < 4.78 is 36.7. The summed E-state index contributed by atoms with van der Waals surface area (Å²) in [7, 11) is 1.26. The standard InChI is InChI=1S/C31H49NO11/c1-9-12-20(4)38-29(34)41-23(7)19-32-25(28(33)37-8)17-24-15-16-26(42-30(35)39-21(5)13-10-2)27(18-24)43-31(36)40-22(6)14-11-3/h15-16,18,20-23,25,32H,9-14,17,19H2,1-8H3/t20?,21?,22?,23?,25-/m0/s1. The zero-order valence-electron chi connectivity index (χ0n) is 26.8. The van der Waals surface area contributed by atoms with Crippen molar-refractivity contribution >= 4 is 24.4 Å². The van der Waals surface area contributed by atoms with Gasteiger partial charge in [0.05, 0.1) is 7.11 Å². The normalized spacial score (nSPS) is 14.3. The fraction of sp³-hybridized carbons (Fsp3) is 0.677. The maximum Gasteiger partial charge on any atom is 0.514 e. The first-order valence-corrected chi connectivity index (χ1v) is 15.0. The fourth-order valence-corrected chi connectivity index (χ4v) is 4.12. The summed E-state index contributed by atoms with van der Waals surface area (Å²) in [5.74, 6) is -0.705. The molecule has 0 bridgehead atoms. The lowest BCUT2D eigenvalue weighted by molar-refractivity contribution is -0.143. The van der Waals surface area contributed by atoms with E-state index in [1.54, 1.807) is 33.8 Å². The number of nitrogens with one attached hydrogen (secondary N) is 1. The van der Waals surface area contributed by atoms with Gasteiger partial charge in [-0.15, -0.1) is 0 Å². The Morgan fingerprint density at radius 3 is 1.63 bits per heavy atom. The summed E-state index contributed by atoms with van der Waals surface area (Å²) in [6.07, 6.45) is 0.306. The van der Waals surface area contributed by atoms with Gasteiger partial charge in [-0.3, -0.25) is 4.79 Å². The van der Waals surface area contributed by atoms with Crippen molar-refractivity contribution in [2.45, 2.75) is 124 Å². The molecule has 0 aliphatic heterocycles. The van der Waals surface area contributed by atoms with Crippen molar-refractivity contribution in [2.24, 2.45) is 0 Å². The highest BCUT2D eigenvalue weighted by atomic mass is 16.8. The topological polar surface area (TPSA) is 145 Å². The van der Waals surface area contributed by atoms with Crippen molar-refractivity contribution in [1.82, 2.24) is 5.32 Å². The SMILES string of the molecule is CCCC(C)OC(=O)Oc1ccc(C[C@H](NCC(C)OC(=O)OC(C)CCC)C(=O)OC)cc1OC(=O)OC(C)CCC. The number of carbonyl (C=O) groups is 4. The molecule has 0 heterocycles. The molecule has 5 atom stereocenters. The van der Waals surface area contributed by atoms with Crippen LogP contribution in [0.1, 0.15) is 92.6 Å². The van der Waals surface area contributed by atoms with Crippen molar-refractivity contribution in [3.63, 3.8) is 0 Å². The molecule has 1 aromatic carbocycles. The molecule has 1 N–H and O–H groups in total. The van der Waals surface area contributed by atoms with E-state index in [9.17, 15) is 19.2 Å². The Bertz CT molecular complexity index is 1020. The molecule has 1 aromatic rings. The van der Waals surface area contributed by atoms with Crippen LogP contribution in [0.25, 0.3) is 0 Å². The van der Waals surface area contributed by atoms with Gasteiger partial charge in [0, 0.05) is 6.54 Å². The van der Waals surface area contributed by atoms with E-state index in [-0.39, 0.29) is 42.8 Å². The molecule has 0 saturated carbocycles. The Hall–Kier alpha value is -3.54. The third kappa shape index (κ3) is 15.5. The van der Waals surface area contributed by atoms with Crippen LogP contribution < -0.4 is 14.8 Å². The molecule has 4 unspecified atom stereocenters. The van der Waals surface area contributed by atoms with Crippen LogP contribution in [0, 0.1) is 0 Å². The van der Waals surface area contributed by atoms with Crippen LogP contribution in [0.3, 0.4) is 0 Å². The monoisotopic (exact) mass is 611 g/mol. The van der Waals surface area contributed by atoms with Gasteiger partial charge in [-0.05, 0) is 71.1 Å². The maximum absolute atomic E-state index is 12.6. The van der Waals surface area contributed by atoms with Gasteiger partial charge in [-0.2, -0.15) is 0 Å². The van der Waals surface area contributed by atoms with E-state index in [0.717, 1.165) is 25.7 Å². The number of ether oxygens (including phenoxy) is 7. The number of hydrogen-bond donors (Lipinski definition) is 1. The van der Waals surface area contributed by atoms with Crippen LogP contribution in [0.4, 0.5) is 14.4 Å². The van der Waals surface area contributed by atoms with E-state index < -0.39 is 36.6 Å². The van der Waals surface area contributed by atoms with E-state index in [1.165, 1.54) is 19.2 Å². The zero-order valence-corrected chi connectivity index (χ0v) is 26.8. The van der Waals surface area contributed by atoms with Crippen LogP contribution in [-0.2, 0) is 34.9 Å². The Morgan fingerprint density at radius 2 is 1.14 bits per heavy atom. The average Bonchev–Trinajstić information content (AvgIpc) is 2.91. The first-order chi connectivity index (χ1) is 20.4. The van der Waals surface area contributed by atoms with Gasteiger partial charge in [0.2, 0.25) is 0 Å². The van der Waals surface area contributed by atoms with Gasteiger partial charge >= 0.3 is 24.4 Å². The van der Waals surface area contributed by atoms with Crippen molar-refractivity contribution in [2.75, 3.05) is 13.7 Å². The third-order valence-corrected chi connectivity index (χ3v) is 6.25. The summed E-state index contributed by atoms with van der Waals surface area (Å²) in [5, 5.41) is 3.04. The largest absolute Gasteiger partial charge is 0.514 e. The van der Waals surface area contributed by atoms with Gasteiger partial charge in [-0.25, -0.2) is 14.4 Å². The smallest absolute Gasteiger partial charge is 0.468 e. The van der Waals surface area contributed by atoms with Crippen molar-refractivity contribution < 1.29 is 52.3 Å². The molecule has 0 fully saturated rings. The summed E-state index contributed by atoms with van der Waals surface area (Å²) in [6, 6.07) is 3.67. The molecule has 12 heteroatoms. The van der Waals surface area contributed by atoms with Crippen molar-refractivity contribution in [3.8, 4) is 11.5 Å². The molecule has 1 rings (SSSR count). The second kappa shape index (κ2) is 20.4. The number of rotatable bonds is 18. The van der Waals surface area contributed by atoms with Crippen LogP contribution in [0.15, 0.2) is 18.2 Å². The molecule has 0 aliphatic rings. The number of methoxy groups -OCH3 is 1. The quantitative estimate of drug-likeness (QED) is 0.110. The molecule has 244 valence electrons. The van der Waals surface area contributed by atoms with E-state index in [1.807, 2.05) is 20.8 Å². The highest BCUT2D eigenvalue weighted by molar-refractivity contribution is 5.76. The number of esters is 1. The van der Waals surface area contributed by atoms with Gasteiger partial charge in [0.25, 0.3) is 0 Å². The molecule has 0 aromatic heterocycles. The molecule has 0 aliphatic carbocycles. The lowest BCUT2D eigenvalue weighted by Crippen LogP contribution is -2.43.